The Morgan fingerprint density at radius 3 is 3.20 bits per heavy atom. The Hall–Kier alpha value is -1.13. The minimum atomic E-state index is -0.218. The lowest BCUT2D eigenvalue weighted by Crippen LogP contribution is -2.38. The maximum Gasteiger partial charge on any atom is 0.0715 e. The molecule has 1 saturated heterocycles. The van der Waals surface area contributed by atoms with Crippen LogP contribution in [0.4, 0.5) is 5.69 Å². The Kier molecular flexibility index (Phi) is 3.18. The van der Waals surface area contributed by atoms with Gasteiger partial charge in [-0.1, -0.05) is 0 Å². The number of hydrogen-bond donors (Lipinski definition) is 2. The zero-order valence-electron chi connectivity index (χ0n) is 8.76. The van der Waals surface area contributed by atoms with Gasteiger partial charge in [0.1, 0.15) is 0 Å². The lowest BCUT2D eigenvalue weighted by atomic mass is 10.1. The summed E-state index contributed by atoms with van der Waals surface area (Å²) < 4.78 is 0. The summed E-state index contributed by atoms with van der Waals surface area (Å²) in [4.78, 5) is 6.28. The largest absolute Gasteiger partial charge is 0.391 e. The predicted molar refractivity (Wildman–Crippen MR) is 59.6 cm³/mol. The van der Waals surface area contributed by atoms with Crippen LogP contribution in [0, 0.1) is 0 Å². The highest BCUT2D eigenvalue weighted by molar-refractivity contribution is 5.52. The SMILES string of the molecule is NCc1ccncc1N1CCCC(O)C1. The highest BCUT2D eigenvalue weighted by atomic mass is 16.3. The second-order valence-corrected chi connectivity index (χ2v) is 3.95. The Balaban J connectivity index is 2.20. The molecule has 1 fully saturated rings. The molecular weight excluding hydrogens is 190 g/mol. The number of aliphatic hydroxyl groups is 1. The smallest absolute Gasteiger partial charge is 0.0715 e. The highest BCUT2D eigenvalue weighted by Gasteiger charge is 2.19. The third-order valence-electron chi connectivity index (χ3n) is 2.84. The zero-order valence-corrected chi connectivity index (χ0v) is 8.76. The van der Waals surface area contributed by atoms with E-state index >= 15 is 0 Å². The molecule has 0 amide bonds. The van der Waals surface area contributed by atoms with Gasteiger partial charge in [0.2, 0.25) is 0 Å². The van der Waals surface area contributed by atoms with Crippen molar-refractivity contribution in [3.05, 3.63) is 24.0 Å². The summed E-state index contributed by atoms with van der Waals surface area (Å²) in [7, 11) is 0. The van der Waals surface area contributed by atoms with E-state index < -0.39 is 0 Å². The molecule has 1 aromatic heterocycles. The third-order valence-corrected chi connectivity index (χ3v) is 2.84. The highest BCUT2D eigenvalue weighted by Crippen LogP contribution is 2.22. The number of pyridine rings is 1. The van der Waals surface area contributed by atoms with E-state index in [0.717, 1.165) is 30.6 Å². The molecule has 1 unspecified atom stereocenters. The Morgan fingerprint density at radius 1 is 1.60 bits per heavy atom. The van der Waals surface area contributed by atoms with Crippen LogP contribution < -0.4 is 10.6 Å². The summed E-state index contributed by atoms with van der Waals surface area (Å²) in [6.45, 7) is 2.19. The molecule has 4 nitrogen and oxygen atoms in total. The first kappa shape index (κ1) is 10.4. The van der Waals surface area contributed by atoms with Crippen LogP contribution in [0.1, 0.15) is 18.4 Å². The zero-order chi connectivity index (χ0) is 10.7. The van der Waals surface area contributed by atoms with Crippen LogP contribution in [0.2, 0.25) is 0 Å². The van der Waals surface area contributed by atoms with E-state index in [0.29, 0.717) is 13.1 Å². The number of β-amino-alcohol motifs (C(OH)–C–C–N with tert-alkyl or cyclic N) is 1. The van der Waals surface area contributed by atoms with Gasteiger partial charge in [-0.05, 0) is 24.5 Å². The quantitative estimate of drug-likeness (QED) is 0.741. The molecule has 0 aromatic carbocycles. The first-order valence-electron chi connectivity index (χ1n) is 5.37. The van der Waals surface area contributed by atoms with Gasteiger partial charge in [0.15, 0.2) is 0 Å². The summed E-state index contributed by atoms with van der Waals surface area (Å²) in [5, 5.41) is 9.61. The molecule has 2 heterocycles. The van der Waals surface area contributed by atoms with Crippen molar-refractivity contribution in [3.8, 4) is 0 Å². The minimum absolute atomic E-state index is 0.218. The number of rotatable bonds is 2. The van der Waals surface area contributed by atoms with Crippen molar-refractivity contribution in [1.29, 1.82) is 0 Å². The maximum atomic E-state index is 9.61. The fraction of sp³-hybridized carbons (Fsp3) is 0.545. The molecule has 0 bridgehead atoms. The monoisotopic (exact) mass is 207 g/mol. The van der Waals surface area contributed by atoms with Crippen LogP contribution in [0.15, 0.2) is 18.5 Å². The van der Waals surface area contributed by atoms with Crippen molar-refractivity contribution in [1.82, 2.24) is 4.98 Å². The van der Waals surface area contributed by atoms with Crippen LogP contribution >= 0.6 is 0 Å². The van der Waals surface area contributed by atoms with Crippen LogP contribution in [0.5, 0.6) is 0 Å². The third kappa shape index (κ3) is 2.27. The molecule has 0 saturated carbocycles. The van der Waals surface area contributed by atoms with Gasteiger partial charge in [-0.3, -0.25) is 4.98 Å². The molecule has 3 N–H and O–H groups in total. The number of aliphatic hydroxyl groups excluding tert-OH is 1. The molecule has 0 aliphatic carbocycles. The fourth-order valence-electron chi connectivity index (χ4n) is 2.05. The van der Waals surface area contributed by atoms with Crippen LogP contribution in [-0.2, 0) is 6.54 Å². The first-order valence-corrected chi connectivity index (χ1v) is 5.37. The average molecular weight is 207 g/mol. The maximum absolute atomic E-state index is 9.61. The van der Waals surface area contributed by atoms with Gasteiger partial charge < -0.3 is 15.7 Å². The van der Waals surface area contributed by atoms with E-state index in [9.17, 15) is 5.11 Å². The van der Waals surface area contributed by atoms with Gasteiger partial charge in [-0.25, -0.2) is 0 Å². The van der Waals surface area contributed by atoms with E-state index in [4.69, 9.17) is 5.73 Å². The van der Waals surface area contributed by atoms with Crippen molar-refractivity contribution in [2.45, 2.75) is 25.5 Å². The van der Waals surface area contributed by atoms with Gasteiger partial charge in [0, 0.05) is 25.8 Å². The number of anilines is 1. The van der Waals surface area contributed by atoms with Crippen LogP contribution in [0.25, 0.3) is 0 Å². The van der Waals surface area contributed by atoms with E-state index in [1.165, 1.54) is 0 Å². The van der Waals surface area contributed by atoms with E-state index in [-0.39, 0.29) is 6.10 Å². The van der Waals surface area contributed by atoms with Gasteiger partial charge in [-0.15, -0.1) is 0 Å². The lowest BCUT2D eigenvalue weighted by Gasteiger charge is -2.32. The Bertz CT molecular complexity index is 329. The molecule has 1 aliphatic heterocycles. The predicted octanol–water partition coefficient (Wildman–Crippen LogP) is 0.501. The molecule has 0 radical (unpaired) electrons. The van der Waals surface area contributed by atoms with Crippen molar-refractivity contribution in [3.63, 3.8) is 0 Å². The second kappa shape index (κ2) is 4.59. The van der Waals surface area contributed by atoms with Gasteiger partial charge in [-0.2, -0.15) is 0 Å². The van der Waals surface area contributed by atoms with Crippen LogP contribution in [-0.4, -0.2) is 29.3 Å². The normalized spacial score (nSPS) is 21.7. The number of aromatic nitrogens is 1. The van der Waals surface area contributed by atoms with E-state index in [1.54, 1.807) is 6.20 Å². The first-order chi connectivity index (χ1) is 7.31. The molecule has 2 rings (SSSR count). The summed E-state index contributed by atoms with van der Waals surface area (Å²) in [5.74, 6) is 0. The van der Waals surface area contributed by atoms with Gasteiger partial charge >= 0.3 is 0 Å². The van der Waals surface area contributed by atoms with Crippen molar-refractivity contribution >= 4 is 5.69 Å². The molecule has 1 atom stereocenters. The average Bonchev–Trinajstić information content (AvgIpc) is 2.29. The summed E-state index contributed by atoms with van der Waals surface area (Å²) in [5.41, 5.74) is 7.84. The summed E-state index contributed by atoms with van der Waals surface area (Å²) in [6.07, 6.45) is 5.30. The number of nitrogens with two attached hydrogens (primary N) is 1. The molecule has 82 valence electrons. The summed E-state index contributed by atoms with van der Waals surface area (Å²) >= 11 is 0. The molecular formula is C11H17N3O. The van der Waals surface area contributed by atoms with E-state index in [2.05, 4.69) is 9.88 Å². The number of piperidine rings is 1. The number of hydrogen-bond acceptors (Lipinski definition) is 4. The Labute approximate surface area is 89.7 Å². The van der Waals surface area contributed by atoms with Gasteiger partial charge in [0.25, 0.3) is 0 Å². The second-order valence-electron chi connectivity index (χ2n) is 3.95. The van der Waals surface area contributed by atoms with Crippen molar-refractivity contribution < 1.29 is 5.11 Å². The van der Waals surface area contributed by atoms with Gasteiger partial charge in [0.05, 0.1) is 18.0 Å². The topological polar surface area (TPSA) is 62.4 Å². The minimum Gasteiger partial charge on any atom is -0.391 e. The Morgan fingerprint density at radius 2 is 2.47 bits per heavy atom. The van der Waals surface area contributed by atoms with E-state index in [1.807, 2.05) is 12.3 Å². The van der Waals surface area contributed by atoms with Crippen molar-refractivity contribution in [2.24, 2.45) is 5.73 Å². The molecule has 1 aromatic rings. The molecule has 4 heteroatoms. The lowest BCUT2D eigenvalue weighted by molar-refractivity contribution is 0.154. The summed E-state index contributed by atoms with van der Waals surface area (Å²) in [6, 6.07) is 1.94. The fourth-order valence-corrected chi connectivity index (χ4v) is 2.05. The van der Waals surface area contributed by atoms with Crippen molar-refractivity contribution in [2.75, 3.05) is 18.0 Å². The molecule has 1 aliphatic rings. The standard InChI is InChI=1S/C11H17N3O/c12-6-9-3-4-13-7-11(9)14-5-1-2-10(15)8-14/h3-4,7,10,15H,1-2,5-6,8,12H2. The van der Waals surface area contributed by atoms with Crippen LogP contribution in [0.3, 0.4) is 0 Å². The molecule has 0 spiro atoms. The number of nitrogens with zero attached hydrogens (tertiary/aromatic N) is 2. The molecule has 15 heavy (non-hydrogen) atoms.